The highest BCUT2D eigenvalue weighted by atomic mass is 16.5. The molecule has 186 valence electrons. The molecule has 0 bridgehead atoms. The Morgan fingerprint density at radius 1 is 0.973 bits per heavy atom. The van der Waals surface area contributed by atoms with Gasteiger partial charge in [-0.05, 0) is 42.8 Å². The Hall–Kier alpha value is -4.80. The standard InChI is InChI=1S/C26H25N9O2/c1-17-11-18(3-6-23(17)37-19-4-5-22-20(12-19)30-15-33(22)2)31-25-24-21(28-14-29-25)13-27-26(32-24)35-9-7-34(16-36)8-10-35/h3-6,11-16H,7-10H2,1-2H3,(H,28,29,31). The van der Waals surface area contributed by atoms with Crippen LogP contribution in [0, 0.1) is 6.92 Å². The molecule has 2 aromatic carbocycles. The predicted octanol–water partition coefficient (Wildman–Crippen LogP) is 3.43. The molecular formula is C26H25N9O2. The van der Waals surface area contributed by atoms with Crippen molar-refractivity contribution in [1.29, 1.82) is 0 Å². The lowest BCUT2D eigenvalue weighted by Crippen LogP contribution is -2.46. The van der Waals surface area contributed by atoms with Gasteiger partial charge in [0.05, 0.1) is 23.6 Å². The third-order valence-electron chi connectivity index (χ3n) is 6.47. The normalized spacial score (nSPS) is 13.8. The van der Waals surface area contributed by atoms with Crippen LogP contribution in [-0.2, 0) is 11.8 Å². The molecule has 0 atom stereocenters. The van der Waals surface area contributed by atoms with E-state index in [2.05, 4.69) is 30.2 Å². The largest absolute Gasteiger partial charge is 0.457 e. The Morgan fingerprint density at radius 3 is 2.65 bits per heavy atom. The summed E-state index contributed by atoms with van der Waals surface area (Å²) in [5, 5.41) is 3.37. The fourth-order valence-corrected chi connectivity index (χ4v) is 4.40. The lowest BCUT2D eigenvalue weighted by atomic mass is 10.2. The zero-order valence-electron chi connectivity index (χ0n) is 20.5. The number of nitrogens with zero attached hydrogens (tertiary/aromatic N) is 8. The number of hydrogen-bond acceptors (Lipinski definition) is 9. The second-order valence-electron chi connectivity index (χ2n) is 8.97. The molecule has 0 unspecified atom stereocenters. The van der Waals surface area contributed by atoms with Crippen molar-refractivity contribution in [3.05, 3.63) is 60.8 Å². The average molecular weight is 496 g/mol. The molecule has 0 spiro atoms. The molecule has 11 nitrogen and oxygen atoms in total. The molecule has 1 amide bonds. The summed E-state index contributed by atoms with van der Waals surface area (Å²) < 4.78 is 8.12. The van der Waals surface area contributed by atoms with E-state index in [9.17, 15) is 4.79 Å². The fraction of sp³-hybridized carbons (Fsp3) is 0.231. The Morgan fingerprint density at radius 2 is 1.84 bits per heavy atom. The molecule has 4 heterocycles. The molecular weight excluding hydrogens is 470 g/mol. The highest BCUT2D eigenvalue weighted by Crippen LogP contribution is 2.31. The first-order valence-corrected chi connectivity index (χ1v) is 12.0. The topological polar surface area (TPSA) is 114 Å². The molecule has 6 rings (SSSR count). The van der Waals surface area contributed by atoms with Crippen LogP contribution in [0.3, 0.4) is 0 Å². The van der Waals surface area contributed by atoms with Crippen LogP contribution >= 0.6 is 0 Å². The van der Waals surface area contributed by atoms with E-state index in [0.29, 0.717) is 49.0 Å². The number of aryl methyl sites for hydroxylation is 2. The van der Waals surface area contributed by atoms with Gasteiger partial charge in [0.1, 0.15) is 28.9 Å². The number of hydrogen-bond donors (Lipinski definition) is 1. The molecule has 5 aromatic rings. The van der Waals surface area contributed by atoms with Crippen molar-refractivity contribution in [1.82, 2.24) is 34.4 Å². The van der Waals surface area contributed by atoms with Crippen molar-refractivity contribution in [3.63, 3.8) is 0 Å². The number of carbonyl (C=O) groups excluding carboxylic acids is 1. The Bertz CT molecular complexity index is 1610. The predicted molar refractivity (Wildman–Crippen MR) is 140 cm³/mol. The van der Waals surface area contributed by atoms with Gasteiger partial charge in [0, 0.05) is 45.0 Å². The van der Waals surface area contributed by atoms with Crippen molar-refractivity contribution in [3.8, 4) is 11.5 Å². The lowest BCUT2D eigenvalue weighted by molar-refractivity contribution is -0.118. The number of nitrogens with one attached hydrogen (secondary N) is 1. The zero-order chi connectivity index (χ0) is 25.4. The molecule has 0 aliphatic carbocycles. The SMILES string of the molecule is Cc1cc(Nc2ncnc3cnc(N4CCN(C=O)CC4)nc23)ccc1Oc1ccc2c(c1)ncn2C. The fourth-order valence-electron chi connectivity index (χ4n) is 4.40. The van der Waals surface area contributed by atoms with Gasteiger partial charge in [0.15, 0.2) is 5.82 Å². The quantitative estimate of drug-likeness (QED) is 0.354. The van der Waals surface area contributed by atoms with E-state index in [1.54, 1.807) is 17.4 Å². The lowest BCUT2D eigenvalue weighted by Gasteiger charge is -2.32. The first-order chi connectivity index (χ1) is 18.1. The van der Waals surface area contributed by atoms with Gasteiger partial charge in [0.2, 0.25) is 12.4 Å². The number of piperazine rings is 1. The number of fused-ring (bicyclic) bond motifs is 2. The maximum atomic E-state index is 11.0. The van der Waals surface area contributed by atoms with E-state index in [4.69, 9.17) is 9.72 Å². The molecule has 3 aromatic heterocycles. The van der Waals surface area contributed by atoms with Crippen LogP contribution in [0.1, 0.15) is 5.56 Å². The summed E-state index contributed by atoms with van der Waals surface area (Å²) in [6.07, 6.45) is 5.87. The first kappa shape index (κ1) is 22.7. The van der Waals surface area contributed by atoms with E-state index >= 15 is 0 Å². The third kappa shape index (κ3) is 4.46. The second-order valence-corrected chi connectivity index (χ2v) is 8.97. The van der Waals surface area contributed by atoms with Crippen LogP contribution in [0.2, 0.25) is 0 Å². The van der Waals surface area contributed by atoms with E-state index in [-0.39, 0.29) is 0 Å². The van der Waals surface area contributed by atoms with Crippen molar-refractivity contribution in [2.75, 3.05) is 36.4 Å². The van der Waals surface area contributed by atoms with E-state index in [1.807, 2.05) is 54.9 Å². The van der Waals surface area contributed by atoms with Gasteiger partial charge in [-0.2, -0.15) is 0 Å². The van der Waals surface area contributed by atoms with E-state index in [0.717, 1.165) is 40.2 Å². The molecule has 1 aliphatic heterocycles. The van der Waals surface area contributed by atoms with Gasteiger partial charge >= 0.3 is 0 Å². The number of benzene rings is 2. The molecule has 0 radical (unpaired) electrons. The maximum Gasteiger partial charge on any atom is 0.226 e. The molecule has 1 fully saturated rings. The van der Waals surface area contributed by atoms with E-state index in [1.165, 1.54) is 6.33 Å². The van der Waals surface area contributed by atoms with Gasteiger partial charge in [-0.3, -0.25) is 4.79 Å². The van der Waals surface area contributed by atoms with Crippen molar-refractivity contribution < 1.29 is 9.53 Å². The number of amides is 1. The van der Waals surface area contributed by atoms with Crippen LogP contribution < -0.4 is 15.0 Å². The summed E-state index contributed by atoms with van der Waals surface area (Å²) in [5.74, 6) is 2.68. The van der Waals surface area contributed by atoms with Gasteiger partial charge in [-0.15, -0.1) is 0 Å². The van der Waals surface area contributed by atoms with Gasteiger partial charge in [-0.25, -0.2) is 24.9 Å². The number of imidazole rings is 1. The molecule has 11 heteroatoms. The summed E-state index contributed by atoms with van der Waals surface area (Å²) in [6, 6.07) is 11.8. The zero-order valence-corrected chi connectivity index (χ0v) is 20.5. The highest BCUT2D eigenvalue weighted by molar-refractivity contribution is 5.87. The summed E-state index contributed by atoms with van der Waals surface area (Å²) in [7, 11) is 1.97. The van der Waals surface area contributed by atoms with Crippen molar-refractivity contribution in [2.45, 2.75) is 6.92 Å². The Kier molecular flexibility index (Phi) is 5.72. The Balaban J connectivity index is 1.23. The number of anilines is 3. The van der Waals surface area contributed by atoms with Gasteiger partial charge in [0.25, 0.3) is 0 Å². The summed E-state index contributed by atoms with van der Waals surface area (Å²) >= 11 is 0. The molecule has 1 N–H and O–H groups in total. The molecule has 37 heavy (non-hydrogen) atoms. The first-order valence-electron chi connectivity index (χ1n) is 12.0. The number of rotatable bonds is 6. The minimum atomic E-state index is 0.592. The molecule has 1 aliphatic rings. The number of aromatic nitrogens is 6. The van der Waals surface area contributed by atoms with Crippen LogP contribution in [0.4, 0.5) is 17.5 Å². The number of ether oxygens (including phenoxy) is 1. The summed E-state index contributed by atoms with van der Waals surface area (Å²) in [6.45, 7) is 4.63. The Labute approximate surface area is 212 Å². The van der Waals surface area contributed by atoms with E-state index < -0.39 is 0 Å². The molecule has 1 saturated heterocycles. The van der Waals surface area contributed by atoms with Crippen LogP contribution in [0.25, 0.3) is 22.1 Å². The summed E-state index contributed by atoms with van der Waals surface area (Å²) in [4.78, 5) is 37.2. The minimum absolute atomic E-state index is 0.592. The third-order valence-corrected chi connectivity index (χ3v) is 6.47. The van der Waals surface area contributed by atoms with Gasteiger partial charge < -0.3 is 24.4 Å². The van der Waals surface area contributed by atoms with Crippen molar-refractivity contribution >= 4 is 45.9 Å². The second kappa shape index (κ2) is 9.34. The van der Waals surface area contributed by atoms with Crippen molar-refractivity contribution in [2.24, 2.45) is 7.05 Å². The monoisotopic (exact) mass is 495 g/mol. The maximum absolute atomic E-state index is 11.0. The number of carbonyl (C=O) groups is 1. The smallest absolute Gasteiger partial charge is 0.226 e. The minimum Gasteiger partial charge on any atom is -0.457 e. The highest BCUT2D eigenvalue weighted by Gasteiger charge is 2.19. The van der Waals surface area contributed by atoms with Crippen LogP contribution in [-0.4, -0.2) is 67.0 Å². The van der Waals surface area contributed by atoms with Crippen LogP contribution in [0.5, 0.6) is 11.5 Å². The van der Waals surface area contributed by atoms with Crippen LogP contribution in [0.15, 0.2) is 55.2 Å². The van der Waals surface area contributed by atoms with Gasteiger partial charge in [-0.1, -0.05) is 0 Å². The summed E-state index contributed by atoms with van der Waals surface area (Å²) in [5.41, 5.74) is 5.04. The average Bonchev–Trinajstić information content (AvgIpc) is 3.30. The molecule has 0 saturated carbocycles.